The summed E-state index contributed by atoms with van der Waals surface area (Å²) in [5, 5.41) is 9.17. The second kappa shape index (κ2) is 5.78. The summed E-state index contributed by atoms with van der Waals surface area (Å²) >= 11 is 3.17. The minimum Gasteiger partial charge on any atom is -0.368 e. The summed E-state index contributed by atoms with van der Waals surface area (Å²) < 4.78 is 0. The fourth-order valence-electron chi connectivity index (χ4n) is 1.60. The summed E-state index contributed by atoms with van der Waals surface area (Å²) in [6.07, 6.45) is 4.11. The van der Waals surface area contributed by atoms with Crippen LogP contribution in [0.1, 0.15) is 11.4 Å². The topological polar surface area (TPSA) is 50.7 Å². The summed E-state index contributed by atoms with van der Waals surface area (Å²) in [6.45, 7) is 0.764. The molecule has 1 N–H and O–H groups in total. The predicted molar refractivity (Wildman–Crippen MR) is 79.5 cm³/mol. The maximum atomic E-state index is 4.25. The van der Waals surface area contributed by atoms with Crippen LogP contribution in [0.25, 0.3) is 10.2 Å². The first-order chi connectivity index (χ1) is 9.43. The van der Waals surface area contributed by atoms with Crippen LogP contribution in [0.2, 0.25) is 0 Å². The van der Waals surface area contributed by atoms with Gasteiger partial charge in [0, 0.05) is 24.5 Å². The molecule has 0 saturated heterocycles. The van der Waals surface area contributed by atoms with Crippen molar-refractivity contribution in [3.8, 4) is 11.8 Å². The van der Waals surface area contributed by atoms with Gasteiger partial charge in [-0.25, -0.2) is 15.0 Å². The average Bonchev–Trinajstić information content (AvgIpc) is 3.09. The van der Waals surface area contributed by atoms with Crippen LogP contribution in [0.5, 0.6) is 0 Å². The van der Waals surface area contributed by atoms with Gasteiger partial charge in [-0.2, -0.15) is 0 Å². The number of nitrogens with zero attached hydrogens (tertiary/aromatic N) is 3. The zero-order chi connectivity index (χ0) is 12.9. The van der Waals surface area contributed by atoms with Crippen molar-refractivity contribution in [3.05, 3.63) is 34.4 Å². The van der Waals surface area contributed by atoms with Gasteiger partial charge in [-0.05, 0) is 17.4 Å². The number of hydrogen-bond donors (Lipinski definition) is 1. The largest absolute Gasteiger partial charge is 0.368 e. The minimum atomic E-state index is 0.759. The van der Waals surface area contributed by atoms with Crippen LogP contribution in [0.4, 0.5) is 5.82 Å². The highest BCUT2D eigenvalue weighted by atomic mass is 32.1. The molecule has 4 nitrogen and oxygen atoms in total. The van der Waals surface area contributed by atoms with Crippen LogP contribution in [-0.2, 0) is 0 Å². The Morgan fingerprint density at radius 3 is 3.05 bits per heavy atom. The molecule has 0 atom stereocenters. The van der Waals surface area contributed by atoms with E-state index in [-0.39, 0.29) is 0 Å². The number of anilines is 1. The third-order valence-electron chi connectivity index (χ3n) is 2.43. The van der Waals surface area contributed by atoms with Crippen molar-refractivity contribution >= 4 is 38.7 Å². The lowest BCUT2D eigenvalue weighted by Gasteiger charge is -2.03. The molecule has 0 spiro atoms. The van der Waals surface area contributed by atoms with E-state index in [1.54, 1.807) is 35.2 Å². The SMILES string of the molecule is C(#Cc1nccs1)CCNc1ncnc2sccc12. The molecule has 6 heteroatoms. The van der Waals surface area contributed by atoms with Gasteiger partial charge in [-0.3, -0.25) is 0 Å². The van der Waals surface area contributed by atoms with E-state index in [9.17, 15) is 0 Å². The average molecular weight is 286 g/mol. The van der Waals surface area contributed by atoms with Crippen molar-refractivity contribution in [3.63, 3.8) is 0 Å². The first-order valence-corrected chi connectivity index (χ1v) is 7.50. The summed E-state index contributed by atoms with van der Waals surface area (Å²) in [4.78, 5) is 13.6. The normalized spacial score (nSPS) is 10.1. The molecule has 0 aliphatic rings. The highest BCUT2D eigenvalue weighted by Crippen LogP contribution is 2.23. The van der Waals surface area contributed by atoms with Crippen molar-refractivity contribution in [2.45, 2.75) is 6.42 Å². The fraction of sp³-hybridized carbons (Fsp3) is 0.154. The Hall–Kier alpha value is -1.97. The van der Waals surface area contributed by atoms with Gasteiger partial charge >= 0.3 is 0 Å². The number of nitrogens with one attached hydrogen (secondary N) is 1. The van der Waals surface area contributed by atoms with Crippen LogP contribution >= 0.6 is 22.7 Å². The van der Waals surface area contributed by atoms with Crippen molar-refractivity contribution < 1.29 is 0 Å². The molecule has 94 valence electrons. The van der Waals surface area contributed by atoms with Crippen LogP contribution < -0.4 is 5.32 Å². The second-order valence-electron chi connectivity index (χ2n) is 3.68. The molecule has 3 aromatic rings. The van der Waals surface area contributed by atoms with Crippen molar-refractivity contribution in [1.29, 1.82) is 0 Å². The molecular formula is C13H10N4S2. The van der Waals surface area contributed by atoms with Crippen molar-refractivity contribution in [2.75, 3.05) is 11.9 Å². The molecule has 0 unspecified atom stereocenters. The number of aromatic nitrogens is 3. The van der Waals surface area contributed by atoms with Gasteiger partial charge in [0.2, 0.25) is 0 Å². The molecule has 0 bridgehead atoms. The zero-order valence-corrected chi connectivity index (χ0v) is 11.6. The maximum Gasteiger partial charge on any atom is 0.166 e. The molecule has 3 rings (SSSR count). The Morgan fingerprint density at radius 1 is 1.16 bits per heavy atom. The molecule has 0 aliphatic carbocycles. The van der Waals surface area contributed by atoms with E-state index >= 15 is 0 Å². The van der Waals surface area contributed by atoms with E-state index in [1.807, 2.05) is 16.8 Å². The predicted octanol–water partition coefficient (Wildman–Crippen LogP) is 3.00. The number of thiophene rings is 1. The Morgan fingerprint density at radius 2 is 2.16 bits per heavy atom. The van der Waals surface area contributed by atoms with Crippen LogP contribution in [-0.4, -0.2) is 21.5 Å². The van der Waals surface area contributed by atoms with Gasteiger partial charge in [-0.15, -0.1) is 22.7 Å². The molecular weight excluding hydrogens is 276 g/mol. The number of fused-ring (bicyclic) bond motifs is 1. The monoisotopic (exact) mass is 286 g/mol. The van der Waals surface area contributed by atoms with E-state index in [4.69, 9.17) is 0 Å². The first-order valence-electron chi connectivity index (χ1n) is 5.74. The van der Waals surface area contributed by atoms with Crippen LogP contribution in [0, 0.1) is 11.8 Å². The highest BCUT2D eigenvalue weighted by Gasteiger charge is 2.02. The van der Waals surface area contributed by atoms with E-state index < -0.39 is 0 Å². The Bertz CT molecular complexity index is 722. The van der Waals surface area contributed by atoms with Crippen LogP contribution in [0.15, 0.2) is 29.4 Å². The summed E-state index contributed by atoms with van der Waals surface area (Å²) in [5.41, 5.74) is 0. The van der Waals surface area contributed by atoms with Crippen LogP contribution in [0.3, 0.4) is 0 Å². The summed E-state index contributed by atoms with van der Waals surface area (Å²) in [5.74, 6) is 7.00. The molecule has 0 radical (unpaired) electrons. The number of thiazole rings is 1. The Balaban J connectivity index is 1.59. The van der Waals surface area contributed by atoms with Crippen molar-refractivity contribution in [1.82, 2.24) is 15.0 Å². The summed E-state index contributed by atoms with van der Waals surface area (Å²) in [7, 11) is 0. The third kappa shape index (κ3) is 2.89. The molecule has 3 heterocycles. The first kappa shape index (κ1) is 12.1. The molecule has 0 aromatic carbocycles. The molecule has 0 saturated carbocycles. The van der Waals surface area contributed by atoms with Gasteiger partial charge in [0.15, 0.2) is 5.01 Å². The van der Waals surface area contributed by atoms with E-state index in [0.29, 0.717) is 0 Å². The number of rotatable bonds is 3. The Kier molecular flexibility index (Phi) is 3.68. The molecule has 0 amide bonds. The fourth-order valence-corrected chi connectivity index (χ4v) is 2.83. The van der Waals surface area contributed by atoms with Gasteiger partial charge in [0.1, 0.15) is 17.0 Å². The van der Waals surface area contributed by atoms with Gasteiger partial charge < -0.3 is 5.32 Å². The lowest BCUT2D eigenvalue weighted by atomic mass is 10.3. The molecule has 19 heavy (non-hydrogen) atoms. The minimum absolute atomic E-state index is 0.759. The zero-order valence-electron chi connectivity index (χ0n) is 9.96. The lowest BCUT2D eigenvalue weighted by molar-refractivity contribution is 1.07. The standard InChI is InChI=1S/C13H10N4S2/c1(3-11-14-6-8-18-11)2-5-15-12-10-4-7-19-13(10)17-9-16-12/h4,6-9H,2,5H2,(H,15,16,17). The molecule has 3 aromatic heterocycles. The van der Waals surface area contributed by atoms with Crippen molar-refractivity contribution in [2.24, 2.45) is 0 Å². The van der Waals surface area contributed by atoms with E-state index in [2.05, 4.69) is 32.1 Å². The summed E-state index contributed by atoms with van der Waals surface area (Å²) in [6, 6.07) is 2.03. The van der Waals surface area contributed by atoms with E-state index in [1.165, 1.54) is 0 Å². The third-order valence-corrected chi connectivity index (χ3v) is 3.94. The molecule has 0 aliphatic heterocycles. The quantitative estimate of drug-likeness (QED) is 0.594. The van der Waals surface area contributed by atoms with Gasteiger partial charge in [0.05, 0.1) is 5.39 Å². The maximum absolute atomic E-state index is 4.25. The highest BCUT2D eigenvalue weighted by molar-refractivity contribution is 7.16. The smallest absolute Gasteiger partial charge is 0.166 e. The van der Waals surface area contributed by atoms with E-state index in [0.717, 1.165) is 34.0 Å². The Labute approximate surface area is 118 Å². The second-order valence-corrected chi connectivity index (χ2v) is 5.47. The van der Waals surface area contributed by atoms with Gasteiger partial charge in [0.25, 0.3) is 0 Å². The van der Waals surface area contributed by atoms with Gasteiger partial charge in [-0.1, -0.05) is 5.92 Å². The lowest BCUT2D eigenvalue weighted by Crippen LogP contribution is -2.02. The molecule has 0 fully saturated rings. The number of hydrogen-bond acceptors (Lipinski definition) is 6.